The second-order valence-electron chi connectivity index (χ2n) is 11.0. The van der Waals surface area contributed by atoms with E-state index in [-0.39, 0.29) is 11.9 Å². The van der Waals surface area contributed by atoms with Crippen LogP contribution in [-0.2, 0) is 19.1 Å². The van der Waals surface area contributed by atoms with Crippen LogP contribution >= 0.6 is 0 Å². The standard InChI is InChI=1S/C25H40N4O4.C3H7NO/c1-25(2,3)33-24(32)28-20(17-30)13-9-7-5-6-8-12-19(15-26)27-23(31)22-21-14-10-11-18(21)16-29(22)4;1-2-4-3-5/h5,7,17-22H,6,8-14,16H2,1-4H3,(H,27,31)(H,28,32);3H,2H2,1H3,(H,4,5)/b7-5+;/t18-,19?,20?,21?,22?;/m0./s1. The number of hydrogen-bond acceptors (Lipinski definition) is 7. The van der Waals surface area contributed by atoms with Gasteiger partial charge in [-0.3, -0.25) is 14.5 Å². The number of hydrogen-bond donors (Lipinski definition) is 3. The van der Waals surface area contributed by atoms with Crippen molar-refractivity contribution in [3.63, 3.8) is 0 Å². The number of ether oxygens (including phenoxy) is 1. The molecule has 2 fully saturated rings. The molecule has 10 nitrogen and oxygen atoms in total. The monoisotopic (exact) mass is 533 g/mol. The fourth-order valence-electron chi connectivity index (χ4n) is 5.01. The smallest absolute Gasteiger partial charge is 0.408 e. The van der Waals surface area contributed by atoms with Crippen LogP contribution in [0, 0.1) is 23.2 Å². The Bertz CT molecular complexity index is 819. The normalized spacial score (nSPS) is 22.3. The average Bonchev–Trinajstić information content (AvgIpc) is 3.41. The van der Waals surface area contributed by atoms with E-state index in [4.69, 9.17) is 4.74 Å². The van der Waals surface area contributed by atoms with Gasteiger partial charge in [-0.25, -0.2) is 4.79 Å². The molecule has 0 aromatic carbocycles. The van der Waals surface area contributed by atoms with Crippen LogP contribution in [0.25, 0.3) is 0 Å². The molecule has 1 heterocycles. The van der Waals surface area contributed by atoms with Gasteiger partial charge in [0.15, 0.2) is 0 Å². The van der Waals surface area contributed by atoms with E-state index in [1.807, 2.05) is 26.1 Å². The van der Waals surface area contributed by atoms with Crippen LogP contribution in [0.2, 0.25) is 0 Å². The van der Waals surface area contributed by atoms with Gasteiger partial charge >= 0.3 is 6.09 Å². The van der Waals surface area contributed by atoms with Gasteiger partial charge in [0, 0.05) is 13.1 Å². The quantitative estimate of drug-likeness (QED) is 0.188. The topological polar surface area (TPSA) is 141 Å². The molecule has 0 aromatic heterocycles. The van der Waals surface area contributed by atoms with Gasteiger partial charge in [0.25, 0.3) is 0 Å². The molecule has 2 rings (SSSR count). The number of nitrogens with zero attached hydrogens (tertiary/aromatic N) is 2. The molecule has 10 heteroatoms. The molecule has 3 N–H and O–H groups in total. The van der Waals surface area contributed by atoms with Crippen molar-refractivity contribution >= 4 is 24.7 Å². The summed E-state index contributed by atoms with van der Waals surface area (Å²) in [6, 6.07) is 1.06. The SMILES string of the molecule is CCNC=O.CN1C[C@@H]2CCCC2C1C(=O)NC(C#N)CCC/C=C/CCC(C=O)NC(=O)OC(C)(C)C. The van der Waals surface area contributed by atoms with Gasteiger partial charge in [0.05, 0.1) is 18.2 Å². The number of amides is 3. The zero-order valence-corrected chi connectivity index (χ0v) is 23.7. The molecule has 38 heavy (non-hydrogen) atoms. The highest BCUT2D eigenvalue weighted by Gasteiger charge is 2.46. The first-order valence-electron chi connectivity index (χ1n) is 13.7. The molecule has 5 atom stereocenters. The maximum absolute atomic E-state index is 12.8. The highest BCUT2D eigenvalue weighted by molar-refractivity contribution is 5.83. The van der Waals surface area contributed by atoms with Gasteiger partial charge < -0.3 is 25.5 Å². The first kappa shape index (κ1) is 33.1. The number of carbonyl (C=O) groups is 4. The molecular weight excluding hydrogens is 486 g/mol. The lowest BCUT2D eigenvalue weighted by Crippen LogP contribution is -2.47. The zero-order chi connectivity index (χ0) is 28.6. The molecule has 1 saturated carbocycles. The number of likely N-dealkylation sites (N-methyl/N-ethyl adjacent to an activating group) is 1. The first-order chi connectivity index (χ1) is 18.1. The van der Waals surface area contributed by atoms with Crippen molar-refractivity contribution < 1.29 is 23.9 Å². The van der Waals surface area contributed by atoms with Crippen molar-refractivity contribution in [2.45, 2.75) is 103 Å². The Morgan fingerprint density at radius 1 is 1.13 bits per heavy atom. The first-order valence-corrected chi connectivity index (χ1v) is 13.7. The summed E-state index contributed by atoms with van der Waals surface area (Å²) in [5.41, 5.74) is -0.607. The predicted octanol–water partition coefficient (Wildman–Crippen LogP) is 3.08. The number of unbranched alkanes of at least 4 members (excludes halogenated alkanes) is 1. The average molecular weight is 534 g/mol. The Hall–Kier alpha value is -2.93. The third-order valence-electron chi connectivity index (χ3n) is 6.69. The minimum atomic E-state index is -0.607. The van der Waals surface area contributed by atoms with Crippen LogP contribution in [0.15, 0.2) is 12.2 Å². The lowest BCUT2D eigenvalue weighted by molar-refractivity contribution is -0.126. The summed E-state index contributed by atoms with van der Waals surface area (Å²) in [5.74, 6) is 1.04. The second kappa shape index (κ2) is 17.6. The minimum Gasteiger partial charge on any atom is -0.444 e. The van der Waals surface area contributed by atoms with Crippen molar-refractivity contribution in [2.75, 3.05) is 20.1 Å². The van der Waals surface area contributed by atoms with Gasteiger partial charge in [-0.15, -0.1) is 0 Å². The van der Waals surface area contributed by atoms with E-state index in [1.165, 1.54) is 12.8 Å². The van der Waals surface area contributed by atoms with Crippen molar-refractivity contribution in [3.05, 3.63) is 12.2 Å². The number of likely N-dealkylation sites (tertiary alicyclic amines) is 1. The highest BCUT2D eigenvalue weighted by atomic mass is 16.6. The summed E-state index contributed by atoms with van der Waals surface area (Å²) in [5, 5.41) is 17.4. The summed E-state index contributed by atoms with van der Waals surface area (Å²) in [6.07, 6.45) is 11.6. The van der Waals surface area contributed by atoms with Crippen LogP contribution in [-0.4, -0.2) is 73.5 Å². The fraction of sp³-hybridized carbons (Fsp3) is 0.750. The number of fused-ring (bicyclic) bond motifs is 1. The lowest BCUT2D eigenvalue weighted by atomic mass is 9.93. The maximum atomic E-state index is 12.8. The Labute approximate surface area is 227 Å². The molecule has 4 unspecified atom stereocenters. The number of alkyl carbamates (subject to hydrolysis) is 1. The minimum absolute atomic E-state index is 0.00798. The molecule has 214 valence electrons. The number of aldehydes is 1. The highest BCUT2D eigenvalue weighted by Crippen LogP contribution is 2.41. The largest absolute Gasteiger partial charge is 0.444 e. The van der Waals surface area contributed by atoms with Crippen molar-refractivity contribution in [2.24, 2.45) is 11.8 Å². The third kappa shape index (κ3) is 12.5. The lowest BCUT2D eigenvalue weighted by Gasteiger charge is -2.24. The van der Waals surface area contributed by atoms with E-state index in [1.54, 1.807) is 20.8 Å². The summed E-state index contributed by atoms with van der Waals surface area (Å²) in [6.45, 7) is 8.88. The van der Waals surface area contributed by atoms with Gasteiger partial charge in [0.2, 0.25) is 12.3 Å². The predicted molar refractivity (Wildman–Crippen MR) is 146 cm³/mol. The number of rotatable bonds is 13. The number of carbonyl (C=O) groups excluding carboxylic acids is 4. The van der Waals surface area contributed by atoms with Crippen molar-refractivity contribution in [1.82, 2.24) is 20.9 Å². The van der Waals surface area contributed by atoms with E-state index in [9.17, 15) is 24.4 Å². The third-order valence-corrected chi connectivity index (χ3v) is 6.69. The van der Waals surface area contributed by atoms with E-state index < -0.39 is 23.8 Å². The summed E-state index contributed by atoms with van der Waals surface area (Å²) in [7, 11) is 2.01. The summed E-state index contributed by atoms with van der Waals surface area (Å²) in [4.78, 5) is 47.2. The van der Waals surface area contributed by atoms with Crippen LogP contribution in [0.1, 0.15) is 79.1 Å². The molecule has 1 aliphatic heterocycles. The molecule has 3 amide bonds. The molecular formula is C28H47N5O5. The Kier molecular flexibility index (Phi) is 15.3. The molecule has 0 radical (unpaired) electrons. The molecule has 1 saturated heterocycles. The van der Waals surface area contributed by atoms with E-state index in [0.29, 0.717) is 43.8 Å². The Morgan fingerprint density at radius 2 is 1.84 bits per heavy atom. The summed E-state index contributed by atoms with van der Waals surface area (Å²) < 4.78 is 5.16. The zero-order valence-electron chi connectivity index (χ0n) is 23.7. The van der Waals surface area contributed by atoms with Gasteiger partial charge in [-0.1, -0.05) is 18.6 Å². The van der Waals surface area contributed by atoms with E-state index in [2.05, 4.69) is 26.9 Å². The number of nitrogens with one attached hydrogen (secondary N) is 3. The van der Waals surface area contributed by atoms with Gasteiger partial charge in [0.1, 0.15) is 17.9 Å². The van der Waals surface area contributed by atoms with Crippen LogP contribution in [0.4, 0.5) is 4.79 Å². The van der Waals surface area contributed by atoms with Crippen molar-refractivity contribution in [1.29, 1.82) is 5.26 Å². The fourth-order valence-corrected chi connectivity index (χ4v) is 5.01. The van der Waals surface area contributed by atoms with Crippen molar-refractivity contribution in [3.8, 4) is 6.07 Å². The molecule has 0 bridgehead atoms. The maximum Gasteiger partial charge on any atom is 0.408 e. The number of nitriles is 1. The van der Waals surface area contributed by atoms with E-state index in [0.717, 1.165) is 32.4 Å². The summed E-state index contributed by atoms with van der Waals surface area (Å²) >= 11 is 0. The number of allylic oxidation sites excluding steroid dienone is 2. The molecule has 1 aliphatic carbocycles. The van der Waals surface area contributed by atoms with Crippen LogP contribution in [0.5, 0.6) is 0 Å². The molecule has 2 aliphatic rings. The van der Waals surface area contributed by atoms with Gasteiger partial charge in [-0.05, 0) is 91.5 Å². The van der Waals surface area contributed by atoms with Crippen LogP contribution < -0.4 is 16.0 Å². The van der Waals surface area contributed by atoms with Crippen LogP contribution in [0.3, 0.4) is 0 Å². The van der Waals surface area contributed by atoms with Gasteiger partial charge in [-0.2, -0.15) is 5.26 Å². The second-order valence-corrected chi connectivity index (χ2v) is 11.0. The Balaban J connectivity index is 0.00000132. The molecule has 0 spiro atoms. The molecule has 0 aromatic rings. The van der Waals surface area contributed by atoms with E-state index >= 15 is 0 Å². The Morgan fingerprint density at radius 3 is 2.42 bits per heavy atom.